The molecule has 0 bridgehead atoms. The third kappa shape index (κ3) is 1.51. The van der Waals surface area contributed by atoms with Crippen molar-refractivity contribution in [1.82, 2.24) is 0 Å². The van der Waals surface area contributed by atoms with Gasteiger partial charge in [-0.05, 0) is 6.07 Å². The molecule has 12 heavy (non-hydrogen) atoms. The predicted molar refractivity (Wildman–Crippen MR) is 39.2 cm³/mol. The van der Waals surface area contributed by atoms with E-state index in [1.54, 1.807) is 0 Å². The van der Waals surface area contributed by atoms with Crippen molar-refractivity contribution in [2.75, 3.05) is 0 Å². The van der Waals surface area contributed by atoms with Crippen LogP contribution in [0.3, 0.4) is 0 Å². The van der Waals surface area contributed by atoms with Gasteiger partial charge in [-0.3, -0.25) is 15.2 Å². The molecule has 1 N–H and O–H groups in total. The van der Waals surface area contributed by atoms with E-state index in [0.29, 0.717) is 0 Å². The van der Waals surface area contributed by atoms with Crippen molar-refractivity contribution in [2.24, 2.45) is 0 Å². The number of nitro groups is 1. The van der Waals surface area contributed by atoms with E-state index in [-0.39, 0.29) is 17.0 Å². The van der Waals surface area contributed by atoms with Gasteiger partial charge in [-0.1, -0.05) is 0 Å². The number of rotatable bonds is 2. The van der Waals surface area contributed by atoms with Gasteiger partial charge in [0.1, 0.15) is 0 Å². The highest BCUT2D eigenvalue weighted by Crippen LogP contribution is 2.22. The van der Waals surface area contributed by atoms with Crippen molar-refractivity contribution in [3.63, 3.8) is 0 Å². The third-order valence-corrected chi connectivity index (χ3v) is 1.43. The van der Waals surface area contributed by atoms with Crippen LogP contribution in [0.15, 0.2) is 18.2 Å². The Morgan fingerprint density at radius 1 is 1.50 bits per heavy atom. The first kappa shape index (κ1) is 8.48. The second-order valence-electron chi connectivity index (χ2n) is 2.21. The molecule has 0 atom stereocenters. The Balaban J connectivity index is 3.13. The third-order valence-electron chi connectivity index (χ3n) is 1.43. The van der Waals surface area contributed by atoms with E-state index in [1.165, 1.54) is 0 Å². The Kier molecular flexibility index (Phi) is 2.25. The zero-order valence-electron chi connectivity index (χ0n) is 6.06. The molecule has 0 fully saturated rings. The van der Waals surface area contributed by atoms with Crippen LogP contribution in [-0.2, 0) is 11.7 Å². The van der Waals surface area contributed by atoms with Gasteiger partial charge in [-0.2, -0.15) is 0 Å². The van der Waals surface area contributed by atoms with Crippen LogP contribution in [-0.4, -0.2) is 10.0 Å². The maximum absolute atomic E-state index is 10.8. The number of hydrogen-bond donors (Lipinski definition) is 1. The van der Waals surface area contributed by atoms with E-state index < -0.39 is 11.5 Å². The minimum atomic E-state index is -0.612. The Morgan fingerprint density at radius 3 is 2.67 bits per heavy atom. The zero-order chi connectivity index (χ0) is 9.14. The number of non-ortho nitro benzene ring substituents is 1. The molecule has 63 valence electrons. The van der Waals surface area contributed by atoms with Gasteiger partial charge in [-0.15, -0.1) is 0 Å². The van der Waals surface area contributed by atoms with Crippen molar-refractivity contribution >= 4 is 5.69 Å². The maximum Gasteiger partial charge on any atom is 0.270 e. The van der Waals surface area contributed by atoms with Crippen LogP contribution in [0.5, 0.6) is 5.75 Å². The average molecular weight is 168 g/mol. The summed E-state index contributed by atoms with van der Waals surface area (Å²) in [6.45, 7) is -0.472. The molecule has 0 unspecified atom stereocenters. The second kappa shape index (κ2) is 3.19. The van der Waals surface area contributed by atoms with Crippen molar-refractivity contribution in [3.05, 3.63) is 33.9 Å². The lowest BCUT2D eigenvalue weighted by molar-refractivity contribution is -0.385. The smallest absolute Gasteiger partial charge is 0.270 e. The molecule has 0 aliphatic carbocycles. The van der Waals surface area contributed by atoms with Crippen molar-refractivity contribution < 1.29 is 15.1 Å². The zero-order valence-corrected chi connectivity index (χ0v) is 6.06. The molecule has 0 saturated carbocycles. The molecule has 0 saturated heterocycles. The Bertz CT molecular complexity index is 310. The summed E-state index contributed by atoms with van der Waals surface area (Å²) in [5, 5.41) is 29.6. The molecule has 0 aliphatic rings. The fraction of sp³-hybridized carbons (Fsp3) is 0.143. The van der Waals surface area contributed by atoms with Gasteiger partial charge in [0, 0.05) is 17.7 Å². The lowest BCUT2D eigenvalue weighted by Gasteiger charge is -1.96. The molecular weight excluding hydrogens is 162 g/mol. The van der Waals surface area contributed by atoms with Crippen LogP contribution in [0.4, 0.5) is 5.69 Å². The van der Waals surface area contributed by atoms with E-state index >= 15 is 0 Å². The maximum atomic E-state index is 10.8. The van der Waals surface area contributed by atoms with E-state index in [2.05, 4.69) is 0 Å². The standard InChI is InChI=1S/C7H6NO4/c9-4-5-3-6(8(11)12)1-2-7(5)10/h1-3,9H,4H2. The number of nitrogens with zero attached hydrogens (tertiary/aromatic N) is 1. The first-order valence-electron chi connectivity index (χ1n) is 3.20. The summed E-state index contributed by atoms with van der Waals surface area (Å²) in [7, 11) is 0. The van der Waals surface area contributed by atoms with Gasteiger partial charge in [-0.25, -0.2) is 0 Å². The van der Waals surface area contributed by atoms with Gasteiger partial charge in [0.05, 0.1) is 11.5 Å². The summed E-state index contributed by atoms with van der Waals surface area (Å²) in [4.78, 5) is 9.59. The molecule has 5 heteroatoms. The first-order chi connectivity index (χ1) is 5.65. The quantitative estimate of drug-likeness (QED) is 0.532. The van der Waals surface area contributed by atoms with E-state index in [4.69, 9.17) is 5.11 Å². The van der Waals surface area contributed by atoms with Gasteiger partial charge >= 0.3 is 0 Å². The number of aliphatic hydroxyl groups is 1. The summed E-state index contributed by atoms with van der Waals surface area (Å²) in [5.41, 5.74) is -0.136. The molecule has 0 aromatic heterocycles. The Labute approximate surface area is 68.0 Å². The van der Waals surface area contributed by atoms with Crippen LogP contribution in [0.1, 0.15) is 5.56 Å². The lowest BCUT2D eigenvalue weighted by atomic mass is 10.2. The topological polar surface area (TPSA) is 83.3 Å². The van der Waals surface area contributed by atoms with Crippen molar-refractivity contribution in [3.8, 4) is 5.75 Å². The van der Waals surface area contributed by atoms with Gasteiger partial charge in [0.2, 0.25) is 0 Å². The Morgan fingerprint density at radius 2 is 2.17 bits per heavy atom. The normalized spacial score (nSPS) is 9.75. The van der Waals surface area contributed by atoms with E-state index in [0.717, 1.165) is 18.2 Å². The molecule has 5 nitrogen and oxygen atoms in total. The molecule has 1 radical (unpaired) electrons. The van der Waals surface area contributed by atoms with Crippen LogP contribution < -0.4 is 0 Å². The van der Waals surface area contributed by atoms with Crippen molar-refractivity contribution in [2.45, 2.75) is 6.61 Å². The highest BCUT2D eigenvalue weighted by molar-refractivity contribution is 5.42. The van der Waals surface area contributed by atoms with Crippen LogP contribution in [0, 0.1) is 10.1 Å². The summed E-state index contributed by atoms with van der Waals surface area (Å²) in [5.74, 6) is -0.386. The number of aliphatic hydroxyl groups excluding tert-OH is 1. The summed E-state index contributed by atoms with van der Waals surface area (Å²) in [6, 6.07) is 3.26. The van der Waals surface area contributed by atoms with Crippen LogP contribution in [0.25, 0.3) is 0 Å². The van der Waals surface area contributed by atoms with E-state index in [1.807, 2.05) is 0 Å². The van der Waals surface area contributed by atoms with Gasteiger partial charge in [0.15, 0.2) is 5.75 Å². The SMILES string of the molecule is [O]c1ccc([N+](=O)[O-])cc1CO. The Hall–Kier alpha value is -1.62. The highest BCUT2D eigenvalue weighted by atomic mass is 16.6. The van der Waals surface area contributed by atoms with Crippen molar-refractivity contribution in [1.29, 1.82) is 0 Å². The molecule has 0 spiro atoms. The molecule has 0 aliphatic heterocycles. The first-order valence-corrected chi connectivity index (χ1v) is 3.20. The number of nitro benzene ring substituents is 1. The lowest BCUT2D eigenvalue weighted by Crippen LogP contribution is -1.90. The molecular formula is C7H6NO4. The number of benzene rings is 1. The summed E-state index contributed by atoms with van der Waals surface area (Å²) >= 11 is 0. The second-order valence-corrected chi connectivity index (χ2v) is 2.21. The fourth-order valence-corrected chi connectivity index (χ4v) is 0.803. The molecule has 0 heterocycles. The predicted octanol–water partition coefficient (Wildman–Crippen LogP) is 1.23. The molecule has 1 aromatic carbocycles. The minimum absolute atomic E-state index is 0.0456. The summed E-state index contributed by atoms with van der Waals surface area (Å²) < 4.78 is 0. The van der Waals surface area contributed by atoms with Crippen LogP contribution >= 0.6 is 0 Å². The monoisotopic (exact) mass is 168 g/mol. The number of hydrogen-bond acceptors (Lipinski definition) is 3. The van der Waals surface area contributed by atoms with Gasteiger partial charge in [0.25, 0.3) is 5.69 Å². The largest absolute Gasteiger partial charge is 0.392 e. The molecule has 1 aromatic rings. The fourth-order valence-electron chi connectivity index (χ4n) is 0.803. The average Bonchev–Trinajstić information content (AvgIpc) is 2.05. The van der Waals surface area contributed by atoms with Gasteiger partial charge < -0.3 is 5.11 Å². The highest BCUT2D eigenvalue weighted by Gasteiger charge is 2.09. The van der Waals surface area contributed by atoms with E-state index in [9.17, 15) is 15.2 Å². The molecule has 1 rings (SSSR count). The van der Waals surface area contributed by atoms with Crippen LogP contribution in [0.2, 0.25) is 0 Å². The minimum Gasteiger partial charge on any atom is -0.392 e. The summed E-state index contributed by atoms with van der Waals surface area (Å²) in [6.07, 6.45) is 0. The molecule has 0 amide bonds.